The number of nitrogens with zero attached hydrogens (tertiary/aromatic N) is 1. The largest absolute Gasteiger partial charge is 0.496 e. The van der Waals surface area contributed by atoms with Gasteiger partial charge < -0.3 is 14.6 Å². The Kier molecular flexibility index (Phi) is 5.16. The Balaban J connectivity index is 1.75. The van der Waals surface area contributed by atoms with Crippen molar-refractivity contribution >= 4 is 0 Å². The average Bonchev–Trinajstić information content (AvgIpc) is 3.09. The number of likely N-dealkylation sites (tertiary alicyclic amines) is 1. The van der Waals surface area contributed by atoms with Gasteiger partial charge in [-0.05, 0) is 61.8 Å². The van der Waals surface area contributed by atoms with Crippen LogP contribution < -0.4 is 9.47 Å². The fourth-order valence-corrected chi connectivity index (χ4v) is 2.92. The lowest BCUT2D eigenvalue weighted by Crippen LogP contribution is -2.18. The van der Waals surface area contributed by atoms with Crippen molar-refractivity contribution in [3.63, 3.8) is 0 Å². The molecule has 1 fully saturated rings. The molecule has 0 amide bonds. The van der Waals surface area contributed by atoms with E-state index >= 15 is 0 Å². The number of ether oxygens (including phenoxy) is 2. The van der Waals surface area contributed by atoms with Gasteiger partial charge in [0.25, 0.3) is 0 Å². The van der Waals surface area contributed by atoms with E-state index in [9.17, 15) is 0 Å². The highest BCUT2D eigenvalue weighted by molar-refractivity contribution is 5.42. The number of methoxy groups -OCH3 is 1. The summed E-state index contributed by atoms with van der Waals surface area (Å²) in [5.41, 5.74) is 2.03. The first-order valence-electron chi connectivity index (χ1n) is 8.05. The average molecular weight is 313 g/mol. The molecule has 0 aromatic heterocycles. The zero-order chi connectivity index (χ0) is 16.1. The Morgan fingerprint density at radius 1 is 1.00 bits per heavy atom. The number of aliphatic hydroxyl groups is 1. The van der Waals surface area contributed by atoms with Gasteiger partial charge in [0.15, 0.2) is 0 Å². The third-order valence-electron chi connectivity index (χ3n) is 4.19. The third-order valence-corrected chi connectivity index (χ3v) is 4.19. The van der Waals surface area contributed by atoms with E-state index in [0.717, 1.165) is 48.0 Å². The van der Waals surface area contributed by atoms with Gasteiger partial charge in [-0.25, -0.2) is 0 Å². The minimum atomic E-state index is 0.0444. The van der Waals surface area contributed by atoms with Gasteiger partial charge in [-0.15, -0.1) is 0 Å². The molecular weight excluding hydrogens is 290 g/mol. The molecule has 0 radical (unpaired) electrons. The number of hydrogen-bond donors (Lipinski definition) is 1. The van der Waals surface area contributed by atoms with Crippen LogP contribution >= 0.6 is 0 Å². The van der Waals surface area contributed by atoms with E-state index in [4.69, 9.17) is 14.6 Å². The molecule has 23 heavy (non-hydrogen) atoms. The third kappa shape index (κ3) is 4.03. The smallest absolute Gasteiger partial charge is 0.128 e. The van der Waals surface area contributed by atoms with Crippen LogP contribution in [-0.2, 0) is 13.2 Å². The minimum absolute atomic E-state index is 0.0444. The van der Waals surface area contributed by atoms with Gasteiger partial charge >= 0.3 is 0 Å². The molecular formula is C19H23NO3. The van der Waals surface area contributed by atoms with Gasteiger partial charge in [-0.3, -0.25) is 4.90 Å². The van der Waals surface area contributed by atoms with E-state index in [1.54, 1.807) is 7.11 Å². The van der Waals surface area contributed by atoms with Gasteiger partial charge in [0.2, 0.25) is 0 Å². The van der Waals surface area contributed by atoms with E-state index in [0.29, 0.717) is 0 Å². The molecule has 122 valence electrons. The number of rotatable bonds is 6. The quantitative estimate of drug-likeness (QED) is 0.885. The topological polar surface area (TPSA) is 41.9 Å². The molecule has 0 saturated carbocycles. The van der Waals surface area contributed by atoms with Crippen molar-refractivity contribution in [1.29, 1.82) is 0 Å². The summed E-state index contributed by atoms with van der Waals surface area (Å²) in [7, 11) is 1.71. The summed E-state index contributed by atoms with van der Waals surface area (Å²) < 4.78 is 11.4. The summed E-state index contributed by atoms with van der Waals surface area (Å²) in [4.78, 5) is 2.44. The number of hydrogen-bond acceptors (Lipinski definition) is 4. The van der Waals surface area contributed by atoms with Crippen LogP contribution in [-0.4, -0.2) is 30.2 Å². The summed E-state index contributed by atoms with van der Waals surface area (Å²) in [6.45, 7) is 3.24. The van der Waals surface area contributed by atoms with Crippen molar-refractivity contribution in [2.45, 2.75) is 26.0 Å². The highest BCUT2D eigenvalue weighted by Gasteiger charge is 2.15. The van der Waals surface area contributed by atoms with Crippen LogP contribution in [0.25, 0.3) is 0 Å². The van der Waals surface area contributed by atoms with Crippen molar-refractivity contribution in [2.24, 2.45) is 0 Å². The summed E-state index contributed by atoms with van der Waals surface area (Å²) in [6, 6.07) is 13.4. The van der Waals surface area contributed by atoms with Crippen LogP contribution in [0.1, 0.15) is 24.0 Å². The predicted molar refractivity (Wildman–Crippen MR) is 89.9 cm³/mol. The predicted octanol–water partition coefficient (Wildman–Crippen LogP) is 3.58. The Labute approximate surface area is 137 Å². The summed E-state index contributed by atoms with van der Waals surface area (Å²) in [6.07, 6.45) is 2.55. The Hall–Kier alpha value is -2.04. The summed E-state index contributed by atoms with van der Waals surface area (Å²) in [5, 5.41) is 9.09. The monoisotopic (exact) mass is 313 g/mol. The fourth-order valence-electron chi connectivity index (χ4n) is 2.92. The van der Waals surface area contributed by atoms with Crippen molar-refractivity contribution in [2.75, 3.05) is 20.2 Å². The molecule has 2 aromatic rings. The molecule has 2 aromatic carbocycles. The van der Waals surface area contributed by atoms with Gasteiger partial charge in [-0.1, -0.05) is 12.1 Å². The van der Waals surface area contributed by atoms with Gasteiger partial charge in [0.1, 0.15) is 17.2 Å². The molecule has 4 nitrogen and oxygen atoms in total. The standard InChI is InChI=1S/C19H23NO3/c1-22-19-9-8-18(12-16(19)13-20-10-2-3-11-20)23-17-6-4-15(14-21)5-7-17/h4-9,12,21H,2-3,10-11,13-14H2,1H3. The molecule has 0 unspecified atom stereocenters. The molecule has 1 heterocycles. The normalized spacial score (nSPS) is 14.9. The van der Waals surface area contributed by atoms with Crippen LogP contribution in [0, 0.1) is 0 Å². The summed E-state index contributed by atoms with van der Waals surface area (Å²) in [5.74, 6) is 2.47. The molecule has 0 spiro atoms. The highest BCUT2D eigenvalue weighted by atomic mass is 16.5. The first-order chi connectivity index (χ1) is 11.3. The molecule has 3 rings (SSSR count). The van der Waals surface area contributed by atoms with Crippen LogP contribution in [0.2, 0.25) is 0 Å². The van der Waals surface area contributed by atoms with Crippen LogP contribution in [0.5, 0.6) is 17.2 Å². The van der Waals surface area contributed by atoms with Crippen molar-refractivity contribution < 1.29 is 14.6 Å². The highest BCUT2D eigenvalue weighted by Crippen LogP contribution is 2.29. The second kappa shape index (κ2) is 7.49. The Bertz CT molecular complexity index is 634. The maximum atomic E-state index is 9.09. The summed E-state index contributed by atoms with van der Waals surface area (Å²) >= 11 is 0. The van der Waals surface area contributed by atoms with Crippen LogP contribution in [0.15, 0.2) is 42.5 Å². The second-order valence-corrected chi connectivity index (χ2v) is 5.86. The van der Waals surface area contributed by atoms with Gasteiger partial charge in [0.05, 0.1) is 13.7 Å². The first-order valence-corrected chi connectivity index (χ1v) is 8.05. The zero-order valence-corrected chi connectivity index (χ0v) is 13.5. The fraction of sp³-hybridized carbons (Fsp3) is 0.368. The Morgan fingerprint density at radius 2 is 1.70 bits per heavy atom. The van der Waals surface area contributed by atoms with Crippen molar-refractivity contribution in [3.8, 4) is 17.2 Å². The molecule has 0 aliphatic carbocycles. The molecule has 0 atom stereocenters. The number of benzene rings is 2. The molecule has 1 saturated heterocycles. The maximum absolute atomic E-state index is 9.09. The lowest BCUT2D eigenvalue weighted by atomic mass is 10.1. The maximum Gasteiger partial charge on any atom is 0.128 e. The first kappa shape index (κ1) is 15.8. The van der Waals surface area contributed by atoms with Gasteiger partial charge in [0, 0.05) is 12.1 Å². The van der Waals surface area contributed by atoms with Gasteiger partial charge in [-0.2, -0.15) is 0 Å². The van der Waals surface area contributed by atoms with E-state index in [2.05, 4.69) is 11.0 Å². The SMILES string of the molecule is COc1ccc(Oc2ccc(CO)cc2)cc1CN1CCCC1. The second-order valence-electron chi connectivity index (χ2n) is 5.86. The molecule has 1 aliphatic rings. The van der Waals surface area contributed by atoms with E-state index < -0.39 is 0 Å². The molecule has 4 heteroatoms. The van der Waals surface area contributed by atoms with E-state index in [1.807, 2.05) is 36.4 Å². The van der Waals surface area contributed by atoms with Crippen LogP contribution in [0.3, 0.4) is 0 Å². The lowest BCUT2D eigenvalue weighted by Gasteiger charge is -2.18. The van der Waals surface area contributed by atoms with Crippen LogP contribution in [0.4, 0.5) is 0 Å². The number of aliphatic hydroxyl groups excluding tert-OH is 1. The molecule has 1 aliphatic heterocycles. The minimum Gasteiger partial charge on any atom is -0.496 e. The Morgan fingerprint density at radius 3 is 2.35 bits per heavy atom. The molecule has 0 bridgehead atoms. The zero-order valence-electron chi connectivity index (χ0n) is 13.5. The van der Waals surface area contributed by atoms with E-state index in [1.165, 1.54) is 12.8 Å². The van der Waals surface area contributed by atoms with Crippen molar-refractivity contribution in [3.05, 3.63) is 53.6 Å². The molecule has 1 N–H and O–H groups in total. The van der Waals surface area contributed by atoms with Crippen molar-refractivity contribution in [1.82, 2.24) is 4.90 Å². The lowest BCUT2D eigenvalue weighted by molar-refractivity contribution is 0.281. The van der Waals surface area contributed by atoms with E-state index in [-0.39, 0.29) is 6.61 Å².